The molecule has 4 rings (SSSR count). The van der Waals surface area contributed by atoms with E-state index >= 15 is 0 Å². The predicted octanol–water partition coefficient (Wildman–Crippen LogP) is 4.63. The van der Waals surface area contributed by atoms with Crippen LogP contribution >= 0.6 is 11.9 Å². The Bertz CT molecular complexity index is 1050. The maximum Gasteiger partial charge on any atom is 0.257 e. The third kappa shape index (κ3) is 3.44. The quantitative estimate of drug-likeness (QED) is 0.356. The van der Waals surface area contributed by atoms with Gasteiger partial charge < -0.3 is 15.2 Å². The number of nitrogens with zero attached hydrogens (tertiary/aromatic N) is 1. The molecule has 0 aliphatic carbocycles. The van der Waals surface area contributed by atoms with E-state index in [1.54, 1.807) is 36.5 Å². The number of benzene rings is 2. The first-order valence-corrected chi connectivity index (χ1v) is 8.65. The van der Waals surface area contributed by atoms with Gasteiger partial charge in [-0.15, -0.1) is 0 Å². The van der Waals surface area contributed by atoms with Crippen LogP contribution in [0.1, 0.15) is 10.4 Å². The number of amides is 1. The molecule has 2 heterocycles. The molecule has 130 valence electrons. The Morgan fingerprint density at radius 2 is 1.96 bits per heavy atom. The number of nitrogens with one attached hydrogen (secondary N) is 2. The fourth-order valence-electron chi connectivity index (χ4n) is 2.58. The standard InChI is InChI=1S/C19H15N3O3S/c23-19(21-15-1-3-16(25-24)4-2-15)14-8-10-22(12-14)26-17-5-6-18-13(11-17)7-9-20-18/h1-12,20,24H,(H,21,23). The van der Waals surface area contributed by atoms with E-state index < -0.39 is 0 Å². The number of aromatic amines is 1. The molecule has 0 radical (unpaired) electrons. The summed E-state index contributed by atoms with van der Waals surface area (Å²) < 4.78 is 1.89. The van der Waals surface area contributed by atoms with E-state index in [2.05, 4.69) is 21.3 Å². The minimum Gasteiger partial charge on any atom is -0.361 e. The highest BCUT2D eigenvalue weighted by molar-refractivity contribution is 7.97. The third-order valence-electron chi connectivity index (χ3n) is 3.88. The molecule has 6 nitrogen and oxygen atoms in total. The molecule has 0 aliphatic rings. The van der Waals surface area contributed by atoms with Crippen molar-refractivity contribution in [2.75, 3.05) is 5.32 Å². The predicted molar refractivity (Wildman–Crippen MR) is 102 cm³/mol. The molecule has 7 heteroatoms. The molecule has 4 aromatic rings. The first-order valence-electron chi connectivity index (χ1n) is 7.87. The van der Waals surface area contributed by atoms with Crippen LogP contribution in [-0.2, 0) is 0 Å². The molecule has 3 N–H and O–H groups in total. The molecular formula is C19H15N3O3S. The van der Waals surface area contributed by atoms with Crippen molar-refractivity contribution < 1.29 is 14.9 Å². The number of rotatable bonds is 5. The normalized spacial score (nSPS) is 10.8. The minimum absolute atomic E-state index is 0.205. The summed E-state index contributed by atoms with van der Waals surface area (Å²) in [5, 5.41) is 12.5. The monoisotopic (exact) mass is 365 g/mol. The van der Waals surface area contributed by atoms with Crippen molar-refractivity contribution in [3.05, 3.63) is 78.8 Å². The molecular weight excluding hydrogens is 350 g/mol. The molecule has 2 aromatic heterocycles. The Morgan fingerprint density at radius 1 is 1.12 bits per heavy atom. The van der Waals surface area contributed by atoms with Gasteiger partial charge in [0.25, 0.3) is 5.91 Å². The second kappa shape index (κ2) is 6.99. The zero-order valence-electron chi connectivity index (χ0n) is 13.5. The molecule has 0 atom stereocenters. The Morgan fingerprint density at radius 3 is 2.77 bits per heavy atom. The maximum atomic E-state index is 12.4. The zero-order chi connectivity index (χ0) is 17.9. The summed E-state index contributed by atoms with van der Waals surface area (Å²) in [4.78, 5) is 20.7. The van der Waals surface area contributed by atoms with Gasteiger partial charge in [0, 0.05) is 40.1 Å². The molecule has 0 unspecified atom stereocenters. The van der Waals surface area contributed by atoms with E-state index in [1.807, 2.05) is 34.6 Å². The van der Waals surface area contributed by atoms with Crippen molar-refractivity contribution in [3.63, 3.8) is 0 Å². The average molecular weight is 365 g/mol. The molecule has 0 aliphatic heterocycles. The van der Waals surface area contributed by atoms with Crippen LogP contribution in [0.15, 0.2) is 78.1 Å². The van der Waals surface area contributed by atoms with Crippen molar-refractivity contribution in [3.8, 4) is 5.75 Å². The van der Waals surface area contributed by atoms with Crippen LogP contribution in [0.25, 0.3) is 10.9 Å². The molecule has 0 bridgehead atoms. The zero-order valence-corrected chi connectivity index (χ0v) is 14.4. The van der Waals surface area contributed by atoms with Crippen LogP contribution in [0.3, 0.4) is 0 Å². The van der Waals surface area contributed by atoms with E-state index in [0.717, 1.165) is 15.8 Å². The van der Waals surface area contributed by atoms with Gasteiger partial charge in [-0.25, -0.2) is 5.26 Å². The minimum atomic E-state index is -0.205. The highest BCUT2D eigenvalue weighted by Gasteiger charge is 2.09. The van der Waals surface area contributed by atoms with E-state index in [-0.39, 0.29) is 5.91 Å². The number of aromatic nitrogens is 2. The lowest BCUT2D eigenvalue weighted by atomic mass is 10.2. The fourth-order valence-corrected chi connectivity index (χ4v) is 3.42. The van der Waals surface area contributed by atoms with E-state index in [4.69, 9.17) is 5.26 Å². The first-order chi connectivity index (χ1) is 12.7. The van der Waals surface area contributed by atoms with Crippen LogP contribution < -0.4 is 10.2 Å². The Labute approximate surface area is 153 Å². The lowest BCUT2D eigenvalue weighted by Gasteiger charge is -2.05. The number of fused-ring (bicyclic) bond motifs is 1. The topological polar surface area (TPSA) is 79.3 Å². The highest BCUT2D eigenvalue weighted by Crippen LogP contribution is 2.25. The van der Waals surface area contributed by atoms with Gasteiger partial charge in [0.1, 0.15) is 0 Å². The third-order valence-corrected chi connectivity index (χ3v) is 4.79. The smallest absolute Gasteiger partial charge is 0.257 e. The molecule has 0 spiro atoms. The van der Waals surface area contributed by atoms with Gasteiger partial charge in [-0.2, -0.15) is 0 Å². The van der Waals surface area contributed by atoms with Crippen LogP contribution in [0.5, 0.6) is 5.75 Å². The summed E-state index contributed by atoms with van der Waals surface area (Å²) in [6.45, 7) is 0. The molecule has 2 aromatic carbocycles. The molecule has 1 amide bonds. The van der Waals surface area contributed by atoms with Crippen LogP contribution in [-0.4, -0.2) is 20.1 Å². The molecule has 26 heavy (non-hydrogen) atoms. The summed E-state index contributed by atoms with van der Waals surface area (Å²) in [6.07, 6.45) is 5.55. The van der Waals surface area contributed by atoms with Gasteiger partial charge in [0.2, 0.25) is 0 Å². The summed E-state index contributed by atoms with van der Waals surface area (Å²) in [6, 6.07) is 16.4. The van der Waals surface area contributed by atoms with E-state index in [9.17, 15) is 4.79 Å². The van der Waals surface area contributed by atoms with Crippen LogP contribution in [0, 0.1) is 0 Å². The number of H-pyrrole nitrogens is 1. The lowest BCUT2D eigenvalue weighted by Crippen LogP contribution is -2.10. The number of hydrogen-bond acceptors (Lipinski definition) is 4. The lowest BCUT2D eigenvalue weighted by molar-refractivity contribution is -0.137. The van der Waals surface area contributed by atoms with E-state index in [1.165, 1.54) is 11.9 Å². The maximum absolute atomic E-state index is 12.4. The molecule has 0 fully saturated rings. The molecule has 0 saturated carbocycles. The van der Waals surface area contributed by atoms with Crippen LogP contribution in [0.4, 0.5) is 5.69 Å². The Hall–Kier alpha value is -3.16. The van der Waals surface area contributed by atoms with Gasteiger partial charge in [-0.1, -0.05) is 0 Å². The van der Waals surface area contributed by atoms with Gasteiger partial charge in [0.15, 0.2) is 5.75 Å². The fraction of sp³-hybridized carbons (Fsp3) is 0. The molecule has 0 saturated heterocycles. The SMILES string of the molecule is O=C(Nc1ccc(OO)cc1)c1ccn(Sc2ccc3[nH]ccc3c2)c1. The number of hydrogen-bond donors (Lipinski definition) is 3. The van der Waals surface area contributed by atoms with Gasteiger partial charge in [-0.05, 0) is 66.5 Å². The summed E-state index contributed by atoms with van der Waals surface area (Å²) in [5.74, 6) is 0.105. The summed E-state index contributed by atoms with van der Waals surface area (Å²) in [7, 11) is 0. The van der Waals surface area contributed by atoms with Gasteiger partial charge in [-0.3, -0.25) is 8.77 Å². The van der Waals surface area contributed by atoms with Crippen molar-refractivity contribution in [2.24, 2.45) is 0 Å². The number of anilines is 1. The van der Waals surface area contributed by atoms with Crippen molar-refractivity contribution >= 4 is 34.4 Å². The number of carbonyl (C=O) groups is 1. The average Bonchev–Trinajstić information content (AvgIpc) is 3.31. The van der Waals surface area contributed by atoms with E-state index in [0.29, 0.717) is 17.0 Å². The van der Waals surface area contributed by atoms with Crippen molar-refractivity contribution in [1.29, 1.82) is 0 Å². The summed E-state index contributed by atoms with van der Waals surface area (Å²) in [5.41, 5.74) is 2.27. The second-order valence-corrected chi connectivity index (χ2v) is 6.72. The second-order valence-electron chi connectivity index (χ2n) is 5.65. The number of carbonyl (C=O) groups excluding carboxylic acids is 1. The summed E-state index contributed by atoms with van der Waals surface area (Å²) >= 11 is 1.53. The Kier molecular flexibility index (Phi) is 4.39. The Balaban J connectivity index is 1.45. The van der Waals surface area contributed by atoms with Gasteiger partial charge in [0.05, 0.1) is 5.56 Å². The van der Waals surface area contributed by atoms with Crippen molar-refractivity contribution in [1.82, 2.24) is 8.96 Å². The van der Waals surface area contributed by atoms with Gasteiger partial charge >= 0.3 is 0 Å². The first kappa shape index (κ1) is 16.3. The van der Waals surface area contributed by atoms with Crippen molar-refractivity contribution in [2.45, 2.75) is 4.90 Å². The van der Waals surface area contributed by atoms with Crippen LogP contribution in [0.2, 0.25) is 0 Å². The largest absolute Gasteiger partial charge is 0.361 e. The highest BCUT2D eigenvalue weighted by atomic mass is 32.2.